The van der Waals surface area contributed by atoms with Crippen LogP contribution in [0.15, 0.2) is 113 Å². The summed E-state index contributed by atoms with van der Waals surface area (Å²) < 4.78 is 11.1. The van der Waals surface area contributed by atoms with E-state index in [1.165, 1.54) is 5.01 Å². The minimum Gasteiger partial charge on any atom is -0.467 e. The van der Waals surface area contributed by atoms with E-state index in [2.05, 4.69) is 5.10 Å². The molecule has 7 nitrogen and oxygen atoms in total. The summed E-state index contributed by atoms with van der Waals surface area (Å²) in [5, 5.41) is 7.16. The maximum absolute atomic E-state index is 13.3. The Morgan fingerprint density at radius 1 is 0.923 bits per heavy atom. The lowest BCUT2D eigenvalue weighted by Crippen LogP contribution is -2.31. The molecule has 0 N–H and O–H groups in total. The van der Waals surface area contributed by atoms with Crippen molar-refractivity contribution in [3.05, 3.63) is 125 Å². The SMILES string of the molecule is O=C(OCC(=O)N1N=C(c2ccc(Cl)cc2)CC1c1ccco1)c1cc(-c2ccccc2)nc2ccccc12. The molecule has 2 aromatic heterocycles. The van der Waals surface area contributed by atoms with Gasteiger partial charge in [-0.05, 0) is 42.0 Å². The predicted molar refractivity (Wildman–Crippen MR) is 148 cm³/mol. The molecule has 192 valence electrons. The summed E-state index contributed by atoms with van der Waals surface area (Å²) in [7, 11) is 0. The predicted octanol–water partition coefficient (Wildman–Crippen LogP) is 6.68. The van der Waals surface area contributed by atoms with Crippen LogP contribution >= 0.6 is 11.6 Å². The Hall–Kier alpha value is -4.75. The quantitative estimate of drug-likeness (QED) is 0.226. The lowest BCUT2D eigenvalue weighted by Gasteiger charge is -2.19. The summed E-state index contributed by atoms with van der Waals surface area (Å²) in [6, 6.07) is 29.0. The van der Waals surface area contributed by atoms with Crippen molar-refractivity contribution in [3.63, 3.8) is 0 Å². The zero-order valence-electron chi connectivity index (χ0n) is 20.7. The molecule has 1 amide bonds. The van der Waals surface area contributed by atoms with Gasteiger partial charge in [0.05, 0.1) is 28.7 Å². The number of rotatable bonds is 6. The topological polar surface area (TPSA) is 85.0 Å². The number of halogens is 1. The van der Waals surface area contributed by atoms with E-state index in [1.807, 2.05) is 66.7 Å². The molecule has 1 unspecified atom stereocenters. The van der Waals surface area contributed by atoms with E-state index in [1.54, 1.807) is 36.6 Å². The van der Waals surface area contributed by atoms with Crippen molar-refractivity contribution in [2.45, 2.75) is 12.5 Å². The molecule has 3 aromatic carbocycles. The molecule has 0 fully saturated rings. The molecule has 0 radical (unpaired) electrons. The third-order valence-corrected chi connectivity index (χ3v) is 6.80. The fourth-order valence-electron chi connectivity index (χ4n) is 4.63. The smallest absolute Gasteiger partial charge is 0.339 e. The molecule has 0 saturated heterocycles. The number of carbonyl (C=O) groups is 2. The van der Waals surface area contributed by atoms with Crippen molar-refractivity contribution in [1.82, 2.24) is 9.99 Å². The van der Waals surface area contributed by atoms with Crippen LogP contribution in [0.1, 0.15) is 34.1 Å². The van der Waals surface area contributed by atoms with Crippen LogP contribution in [-0.4, -0.2) is 34.2 Å². The molecule has 0 aliphatic carbocycles. The highest BCUT2D eigenvalue weighted by atomic mass is 35.5. The first-order chi connectivity index (χ1) is 19.1. The number of benzene rings is 3. The summed E-state index contributed by atoms with van der Waals surface area (Å²) in [6.07, 6.45) is 2.00. The number of furan rings is 1. The number of ether oxygens (including phenoxy) is 1. The Morgan fingerprint density at radius 2 is 1.69 bits per heavy atom. The number of pyridine rings is 1. The van der Waals surface area contributed by atoms with E-state index in [4.69, 9.17) is 25.7 Å². The molecule has 8 heteroatoms. The zero-order chi connectivity index (χ0) is 26.8. The molecule has 3 heterocycles. The third-order valence-electron chi connectivity index (χ3n) is 6.55. The second-order valence-corrected chi connectivity index (χ2v) is 9.48. The highest BCUT2D eigenvalue weighted by Gasteiger charge is 2.35. The summed E-state index contributed by atoms with van der Waals surface area (Å²) in [6.45, 7) is -0.481. The molecule has 0 spiro atoms. The van der Waals surface area contributed by atoms with Gasteiger partial charge in [-0.25, -0.2) is 14.8 Å². The summed E-state index contributed by atoms with van der Waals surface area (Å²) in [5.74, 6) is -0.486. The van der Waals surface area contributed by atoms with Gasteiger partial charge >= 0.3 is 5.97 Å². The normalized spacial score (nSPS) is 14.8. The first kappa shape index (κ1) is 24.6. The minimum absolute atomic E-state index is 0.335. The first-order valence-corrected chi connectivity index (χ1v) is 12.8. The fraction of sp³-hybridized carbons (Fsp3) is 0.0968. The molecule has 5 aromatic rings. The average molecular weight is 536 g/mol. The number of para-hydroxylation sites is 1. The van der Waals surface area contributed by atoms with E-state index >= 15 is 0 Å². The Balaban J connectivity index is 1.26. The average Bonchev–Trinajstić information content (AvgIpc) is 3.67. The number of nitrogens with zero attached hydrogens (tertiary/aromatic N) is 3. The monoisotopic (exact) mass is 535 g/mol. The number of hydrogen-bond acceptors (Lipinski definition) is 6. The summed E-state index contributed by atoms with van der Waals surface area (Å²) >= 11 is 6.04. The lowest BCUT2D eigenvalue weighted by atomic mass is 10.0. The van der Waals surface area contributed by atoms with Crippen LogP contribution in [0.25, 0.3) is 22.2 Å². The van der Waals surface area contributed by atoms with E-state index in [-0.39, 0.29) is 0 Å². The van der Waals surface area contributed by atoms with E-state index in [0.717, 1.165) is 11.1 Å². The number of amides is 1. The fourth-order valence-corrected chi connectivity index (χ4v) is 4.76. The van der Waals surface area contributed by atoms with Crippen molar-refractivity contribution in [2.75, 3.05) is 6.61 Å². The van der Waals surface area contributed by atoms with Crippen LogP contribution in [0.5, 0.6) is 0 Å². The molecule has 1 atom stereocenters. The van der Waals surface area contributed by atoms with Gasteiger partial charge in [0, 0.05) is 22.4 Å². The van der Waals surface area contributed by atoms with E-state index in [9.17, 15) is 9.59 Å². The number of aromatic nitrogens is 1. The highest BCUT2D eigenvalue weighted by molar-refractivity contribution is 6.30. The molecule has 0 saturated carbocycles. The second kappa shape index (κ2) is 10.6. The van der Waals surface area contributed by atoms with Gasteiger partial charge in [-0.1, -0.05) is 72.3 Å². The van der Waals surface area contributed by atoms with Crippen LogP contribution in [0.4, 0.5) is 0 Å². The first-order valence-electron chi connectivity index (χ1n) is 12.4. The minimum atomic E-state index is -0.616. The van der Waals surface area contributed by atoms with Crippen molar-refractivity contribution in [3.8, 4) is 11.3 Å². The second-order valence-electron chi connectivity index (χ2n) is 9.04. The highest BCUT2D eigenvalue weighted by Crippen LogP contribution is 2.33. The molecular formula is C31H22ClN3O4. The maximum Gasteiger partial charge on any atom is 0.339 e. The van der Waals surface area contributed by atoms with Crippen LogP contribution in [-0.2, 0) is 9.53 Å². The Bertz CT molecular complexity index is 1680. The maximum atomic E-state index is 13.3. The molecule has 1 aliphatic rings. The standard InChI is InChI=1S/C31H22ClN3O4/c32-22-14-12-21(13-15-22)27-18-28(29-11-6-16-38-29)35(34-27)30(36)19-39-31(37)24-17-26(20-7-2-1-3-8-20)33-25-10-5-4-9-23(24)25/h1-17,28H,18-19H2. The number of hydrogen-bond donors (Lipinski definition) is 0. The number of carbonyl (C=O) groups excluding carboxylic acids is 2. The summed E-state index contributed by atoms with van der Waals surface area (Å²) in [5.41, 5.74) is 4.06. The number of esters is 1. The summed E-state index contributed by atoms with van der Waals surface area (Å²) in [4.78, 5) is 31.3. The van der Waals surface area contributed by atoms with Gasteiger partial charge < -0.3 is 9.15 Å². The molecule has 0 bridgehead atoms. The Labute approximate surface area is 229 Å². The van der Waals surface area contributed by atoms with E-state index in [0.29, 0.717) is 45.1 Å². The van der Waals surface area contributed by atoms with Crippen LogP contribution in [0, 0.1) is 0 Å². The molecule has 6 rings (SSSR count). The number of hydrazone groups is 1. The van der Waals surface area contributed by atoms with Gasteiger partial charge in [-0.15, -0.1) is 0 Å². The van der Waals surface area contributed by atoms with Crippen molar-refractivity contribution in [2.24, 2.45) is 5.10 Å². The zero-order valence-corrected chi connectivity index (χ0v) is 21.4. The van der Waals surface area contributed by atoms with Crippen molar-refractivity contribution >= 4 is 40.1 Å². The van der Waals surface area contributed by atoms with Gasteiger partial charge in [0.25, 0.3) is 5.91 Å². The Morgan fingerprint density at radius 3 is 2.46 bits per heavy atom. The van der Waals surface area contributed by atoms with Gasteiger partial charge in [-0.2, -0.15) is 5.10 Å². The number of fused-ring (bicyclic) bond motifs is 1. The van der Waals surface area contributed by atoms with Gasteiger partial charge in [0.1, 0.15) is 11.8 Å². The third kappa shape index (κ3) is 5.04. The molecule has 1 aliphatic heterocycles. The van der Waals surface area contributed by atoms with Gasteiger partial charge in [0.15, 0.2) is 6.61 Å². The van der Waals surface area contributed by atoms with Crippen LogP contribution in [0.2, 0.25) is 5.02 Å². The largest absolute Gasteiger partial charge is 0.467 e. The lowest BCUT2D eigenvalue weighted by molar-refractivity contribution is -0.136. The van der Waals surface area contributed by atoms with Crippen molar-refractivity contribution < 1.29 is 18.7 Å². The van der Waals surface area contributed by atoms with Crippen LogP contribution in [0.3, 0.4) is 0 Å². The molecular weight excluding hydrogens is 514 g/mol. The van der Waals surface area contributed by atoms with Crippen LogP contribution < -0.4 is 0 Å². The molecule has 39 heavy (non-hydrogen) atoms. The van der Waals surface area contributed by atoms with Gasteiger partial charge in [0.2, 0.25) is 0 Å². The van der Waals surface area contributed by atoms with Gasteiger partial charge in [-0.3, -0.25) is 4.79 Å². The van der Waals surface area contributed by atoms with Crippen molar-refractivity contribution in [1.29, 1.82) is 0 Å². The van der Waals surface area contributed by atoms with E-state index < -0.39 is 24.5 Å². The Kier molecular flexibility index (Phi) is 6.65.